The Balaban J connectivity index is 1.32. The van der Waals surface area contributed by atoms with Crippen molar-refractivity contribution in [2.45, 2.75) is 11.3 Å². The molecule has 0 spiro atoms. The first-order chi connectivity index (χ1) is 19.5. The number of ether oxygens (including phenoxy) is 4. The highest BCUT2D eigenvalue weighted by molar-refractivity contribution is 8.04. The molecule has 3 aromatic carbocycles. The second kappa shape index (κ2) is 12.1. The zero-order valence-electron chi connectivity index (χ0n) is 21.9. The number of methoxy groups -OCH3 is 2. The van der Waals surface area contributed by atoms with Gasteiger partial charge < -0.3 is 29.6 Å². The maximum absolute atomic E-state index is 13.3. The van der Waals surface area contributed by atoms with E-state index in [4.69, 9.17) is 18.9 Å². The predicted octanol–water partition coefficient (Wildman–Crippen LogP) is 4.50. The summed E-state index contributed by atoms with van der Waals surface area (Å²) in [6.07, 6.45) is 0.527. The van der Waals surface area contributed by atoms with Crippen LogP contribution in [0.2, 0.25) is 0 Å². The van der Waals surface area contributed by atoms with Crippen LogP contribution in [0.5, 0.6) is 17.2 Å². The number of nitrogens with one attached hydrogen (secondary N) is 2. The molecule has 5 rings (SSSR count). The van der Waals surface area contributed by atoms with E-state index in [2.05, 4.69) is 10.6 Å². The highest BCUT2D eigenvalue weighted by Gasteiger charge is 2.38. The third-order valence-electron chi connectivity index (χ3n) is 6.18. The van der Waals surface area contributed by atoms with Crippen molar-refractivity contribution >= 4 is 40.9 Å². The average molecular weight is 562 g/mol. The lowest BCUT2D eigenvalue weighted by Gasteiger charge is -2.14. The van der Waals surface area contributed by atoms with E-state index in [-0.39, 0.29) is 35.8 Å². The molecular weight excluding hydrogens is 534 g/mol. The van der Waals surface area contributed by atoms with Gasteiger partial charge in [-0.2, -0.15) is 0 Å². The fourth-order valence-corrected chi connectivity index (χ4v) is 5.06. The van der Waals surface area contributed by atoms with E-state index in [1.165, 1.54) is 16.7 Å². The largest absolute Gasteiger partial charge is 0.497 e. The highest BCUT2D eigenvalue weighted by atomic mass is 32.2. The number of hydrogen-bond donors (Lipinski definition) is 2. The normalized spacial score (nSPS) is 14.1. The van der Waals surface area contributed by atoms with Gasteiger partial charge in [-0.05, 0) is 73.2 Å². The van der Waals surface area contributed by atoms with Crippen molar-refractivity contribution < 1.29 is 33.3 Å². The van der Waals surface area contributed by atoms with Crippen LogP contribution in [0, 0.1) is 0 Å². The van der Waals surface area contributed by atoms with Crippen molar-refractivity contribution in [1.29, 1.82) is 0 Å². The quantitative estimate of drug-likeness (QED) is 0.258. The number of imide groups is 1. The smallest absolute Gasteiger partial charge is 0.278 e. The summed E-state index contributed by atoms with van der Waals surface area (Å²) < 4.78 is 20.9. The topological polar surface area (TPSA) is 115 Å². The van der Waals surface area contributed by atoms with E-state index in [0.29, 0.717) is 47.2 Å². The number of amides is 3. The van der Waals surface area contributed by atoms with E-state index < -0.39 is 5.91 Å². The van der Waals surface area contributed by atoms with Gasteiger partial charge in [-0.25, -0.2) is 0 Å². The molecule has 0 aromatic heterocycles. The number of carbonyl (C=O) groups excluding carboxylic acids is 3. The summed E-state index contributed by atoms with van der Waals surface area (Å²) >= 11 is 1.18. The molecular formula is C29H27N3O7S. The van der Waals surface area contributed by atoms with Crippen molar-refractivity contribution in [1.82, 2.24) is 4.90 Å². The summed E-state index contributed by atoms with van der Waals surface area (Å²) in [5.74, 6) is 0.740. The third-order valence-corrected chi connectivity index (χ3v) is 7.27. The summed E-state index contributed by atoms with van der Waals surface area (Å²) in [5, 5.41) is 5.97. The lowest BCUT2D eigenvalue weighted by Crippen LogP contribution is -2.33. The molecule has 0 aliphatic carbocycles. The summed E-state index contributed by atoms with van der Waals surface area (Å²) in [6, 6.07) is 19.1. The molecule has 11 heteroatoms. The number of carbonyl (C=O) groups is 3. The van der Waals surface area contributed by atoms with Gasteiger partial charge in [0.15, 0.2) is 11.5 Å². The van der Waals surface area contributed by atoms with E-state index in [1.54, 1.807) is 80.9 Å². The van der Waals surface area contributed by atoms with Gasteiger partial charge in [-0.1, -0.05) is 11.8 Å². The standard InChI is InChI=1S/C29H27N3O7S/c1-36-15-3-14-32-28(34)25(30-19-5-9-21(37-2)10-6-19)26(29(32)35)40-22-11-7-20(8-12-22)31-27(33)18-4-13-23-24(16-18)39-17-38-23/h4-13,16,30H,3,14-15,17H2,1-2H3,(H,31,33). The number of nitrogens with zero attached hydrogens (tertiary/aromatic N) is 1. The number of benzene rings is 3. The molecule has 2 N–H and O–H groups in total. The van der Waals surface area contributed by atoms with Gasteiger partial charge in [0, 0.05) is 42.1 Å². The van der Waals surface area contributed by atoms with Crippen LogP contribution in [0.3, 0.4) is 0 Å². The van der Waals surface area contributed by atoms with Crippen LogP contribution in [0.4, 0.5) is 11.4 Å². The minimum Gasteiger partial charge on any atom is -0.497 e. The van der Waals surface area contributed by atoms with Crippen LogP contribution >= 0.6 is 11.8 Å². The maximum atomic E-state index is 13.3. The van der Waals surface area contributed by atoms with Crippen LogP contribution in [0.1, 0.15) is 16.8 Å². The number of anilines is 2. The molecule has 0 bridgehead atoms. The lowest BCUT2D eigenvalue weighted by atomic mass is 10.2. The minimum absolute atomic E-state index is 0.131. The predicted molar refractivity (Wildman–Crippen MR) is 150 cm³/mol. The van der Waals surface area contributed by atoms with Gasteiger partial charge in [0.1, 0.15) is 16.4 Å². The molecule has 2 heterocycles. The van der Waals surface area contributed by atoms with E-state index >= 15 is 0 Å². The van der Waals surface area contributed by atoms with Gasteiger partial charge in [0.05, 0.1) is 7.11 Å². The van der Waals surface area contributed by atoms with Crippen LogP contribution < -0.4 is 24.8 Å². The molecule has 2 aliphatic heterocycles. The van der Waals surface area contributed by atoms with E-state index in [1.807, 2.05) is 0 Å². The molecule has 10 nitrogen and oxygen atoms in total. The van der Waals surface area contributed by atoms with Crippen molar-refractivity contribution in [2.24, 2.45) is 0 Å². The first-order valence-corrected chi connectivity index (χ1v) is 13.3. The van der Waals surface area contributed by atoms with Crippen molar-refractivity contribution in [2.75, 3.05) is 44.8 Å². The summed E-state index contributed by atoms with van der Waals surface area (Å²) in [5.41, 5.74) is 1.87. The Labute approximate surface area is 235 Å². The van der Waals surface area contributed by atoms with Gasteiger partial charge in [0.25, 0.3) is 17.7 Å². The van der Waals surface area contributed by atoms with Gasteiger partial charge in [-0.3, -0.25) is 19.3 Å². The first-order valence-electron chi connectivity index (χ1n) is 12.5. The molecule has 0 saturated carbocycles. The fourth-order valence-electron chi connectivity index (χ4n) is 4.11. The summed E-state index contributed by atoms with van der Waals surface area (Å²) in [4.78, 5) is 41.5. The minimum atomic E-state index is -0.396. The first kappa shape index (κ1) is 27.1. The number of hydrogen-bond acceptors (Lipinski definition) is 9. The highest BCUT2D eigenvalue weighted by Crippen LogP contribution is 2.37. The van der Waals surface area contributed by atoms with Crippen molar-refractivity contribution in [3.8, 4) is 17.2 Å². The van der Waals surface area contributed by atoms with Gasteiger partial charge in [-0.15, -0.1) is 0 Å². The molecule has 0 unspecified atom stereocenters. The number of rotatable bonds is 11. The second-order valence-electron chi connectivity index (χ2n) is 8.81. The molecule has 0 radical (unpaired) electrons. The Morgan fingerprint density at radius 3 is 2.38 bits per heavy atom. The zero-order chi connectivity index (χ0) is 28.1. The molecule has 3 amide bonds. The number of thioether (sulfide) groups is 1. The summed E-state index contributed by atoms with van der Waals surface area (Å²) in [7, 11) is 3.15. The van der Waals surface area contributed by atoms with Crippen molar-refractivity contribution in [3.63, 3.8) is 0 Å². The van der Waals surface area contributed by atoms with E-state index in [0.717, 1.165) is 4.90 Å². The van der Waals surface area contributed by atoms with Crippen molar-refractivity contribution in [3.05, 3.63) is 82.9 Å². The SMILES string of the molecule is COCCCN1C(=O)C(Nc2ccc(OC)cc2)=C(Sc2ccc(NC(=O)c3ccc4c(c3)OCO4)cc2)C1=O. The van der Waals surface area contributed by atoms with Crippen LogP contribution in [-0.4, -0.2) is 56.8 Å². The third kappa shape index (κ3) is 5.90. The zero-order valence-corrected chi connectivity index (χ0v) is 22.7. The Morgan fingerprint density at radius 1 is 0.925 bits per heavy atom. The Kier molecular flexibility index (Phi) is 8.23. The molecule has 206 valence electrons. The van der Waals surface area contributed by atoms with Crippen LogP contribution in [0.15, 0.2) is 82.2 Å². The molecule has 0 saturated heterocycles. The monoisotopic (exact) mass is 561 g/mol. The molecule has 2 aliphatic rings. The maximum Gasteiger partial charge on any atom is 0.278 e. The summed E-state index contributed by atoms with van der Waals surface area (Å²) in [6.45, 7) is 0.806. The van der Waals surface area contributed by atoms with Gasteiger partial charge in [0.2, 0.25) is 6.79 Å². The van der Waals surface area contributed by atoms with Crippen LogP contribution in [0.25, 0.3) is 0 Å². The second-order valence-corrected chi connectivity index (χ2v) is 9.90. The Hall–Kier alpha value is -4.48. The number of fused-ring (bicyclic) bond motifs is 1. The fraction of sp³-hybridized carbons (Fsp3) is 0.207. The van der Waals surface area contributed by atoms with E-state index in [9.17, 15) is 14.4 Å². The van der Waals surface area contributed by atoms with Crippen LogP contribution in [-0.2, 0) is 14.3 Å². The molecule has 0 fully saturated rings. The average Bonchev–Trinajstić information content (AvgIpc) is 3.53. The molecule has 40 heavy (non-hydrogen) atoms. The molecule has 3 aromatic rings. The molecule has 0 atom stereocenters. The lowest BCUT2D eigenvalue weighted by molar-refractivity contribution is -0.137. The Bertz CT molecular complexity index is 1460. The Morgan fingerprint density at radius 2 is 1.65 bits per heavy atom. The van der Waals surface area contributed by atoms with Gasteiger partial charge >= 0.3 is 0 Å².